The molecule has 0 spiro atoms. The van der Waals surface area contributed by atoms with Gasteiger partial charge in [-0.2, -0.15) is 0 Å². The first kappa shape index (κ1) is 60.0. The first-order valence-corrected chi connectivity index (χ1v) is 25.7. The lowest BCUT2D eigenvalue weighted by Crippen LogP contribution is -2.30. The fraction of sp³-hybridized carbons (Fsp3) is 0.593. The summed E-state index contributed by atoms with van der Waals surface area (Å²) in [5.41, 5.74) is 0. The number of hydrogen-bond acceptors (Lipinski definition) is 5. The van der Waals surface area contributed by atoms with E-state index in [4.69, 9.17) is 14.2 Å². The molecule has 64 heavy (non-hydrogen) atoms. The summed E-state index contributed by atoms with van der Waals surface area (Å²) in [6.07, 6.45) is 76.2. The highest BCUT2D eigenvalue weighted by Crippen LogP contribution is 2.11. The van der Waals surface area contributed by atoms with Crippen LogP contribution in [0.15, 0.2) is 134 Å². The van der Waals surface area contributed by atoms with E-state index in [1.165, 1.54) is 51.4 Å². The molecule has 0 radical (unpaired) electrons. The van der Waals surface area contributed by atoms with Crippen molar-refractivity contribution in [3.05, 3.63) is 134 Å². The monoisotopic (exact) mass is 883 g/mol. The zero-order valence-corrected chi connectivity index (χ0v) is 41.2. The zero-order chi connectivity index (χ0) is 46.3. The van der Waals surface area contributed by atoms with Crippen molar-refractivity contribution in [3.63, 3.8) is 0 Å². The fourth-order valence-electron chi connectivity index (χ4n) is 6.39. The summed E-state index contributed by atoms with van der Waals surface area (Å²) >= 11 is 0. The fourth-order valence-corrected chi connectivity index (χ4v) is 6.39. The van der Waals surface area contributed by atoms with Crippen LogP contribution in [0.1, 0.15) is 201 Å². The van der Waals surface area contributed by atoms with E-state index < -0.39 is 6.10 Å². The maximum atomic E-state index is 12.8. The minimum absolute atomic E-state index is 0.0252. The molecule has 0 amide bonds. The summed E-state index contributed by atoms with van der Waals surface area (Å²) in [6.45, 7) is 7.41. The van der Waals surface area contributed by atoms with Gasteiger partial charge in [0.25, 0.3) is 0 Å². The lowest BCUT2D eigenvalue weighted by atomic mass is 10.1. The highest BCUT2D eigenvalue weighted by molar-refractivity contribution is 5.70. The van der Waals surface area contributed by atoms with E-state index in [2.05, 4.69) is 148 Å². The molecule has 5 nitrogen and oxygen atoms in total. The third kappa shape index (κ3) is 50.7. The lowest BCUT2D eigenvalue weighted by Gasteiger charge is -2.18. The number of ether oxygens (including phenoxy) is 3. The Balaban J connectivity index is 4.43. The predicted octanol–water partition coefficient (Wildman–Crippen LogP) is 17.6. The average molecular weight is 883 g/mol. The molecule has 0 saturated heterocycles. The van der Waals surface area contributed by atoms with Gasteiger partial charge in [-0.1, -0.05) is 206 Å². The number of esters is 2. The Kier molecular flexibility index (Phi) is 50.1. The molecule has 0 aromatic carbocycles. The van der Waals surface area contributed by atoms with E-state index in [0.717, 1.165) is 109 Å². The second kappa shape index (κ2) is 53.4. The van der Waals surface area contributed by atoms with Crippen LogP contribution in [0.4, 0.5) is 0 Å². The van der Waals surface area contributed by atoms with Crippen LogP contribution in [0.25, 0.3) is 0 Å². The number of rotatable bonds is 45. The highest BCUT2D eigenvalue weighted by atomic mass is 16.6. The zero-order valence-electron chi connectivity index (χ0n) is 41.2. The molecule has 0 aliphatic rings. The molecule has 0 fully saturated rings. The molecule has 0 N–H and O–H groups in total. The first-order chi connectivity index (χ1) is 31.6. The van der Waals surface area contributed by atoms with Crippen molar-refractivity contribution >= 4 is 11.9 Å². The molecular formula is C59H94O5. The van der Waals surface area contributed by atoms with Gasteiger partial charge in [0.05, 0.1) is 6.61 Å². The molecule has 0 rings (SSSR count). The van der Waals surface area contributed by atoms with Crippen LogP contribution in [0, 0.1) is 0 Å². The number of hydrogen-bond donors (Lipinski definition) is 0. The first-order valence-electron chi connectivity index (χ1n) is 25.7. The molecule has 0 bridgehead atoms. The Bertz CT molecular complexity index is 1370. The van der Waals surface area contributed by atoms with Gasteiger partial charge in [-0.25, -0.2) is 0 Å². The van der Waals surface area contributed by atoms with Gasteiger partial charge in [0.2, 0.25) is 0 Å². The van der Waals surface area contributed by atoms with Gasteiger partial charge in [-0.3, -0.25) is 9.59 Å². The summed E-state index contributed by atoms with van der Waals surface area (Å²) in [5, 5.41) is 0. The Morgan fingerprint density at radius 1 is 0.359 bits per heavy atom. The largest absolute Gasteiger partial charge is 0.462 e. The predicted molar refractivity (Wildman–Crippen MR) is 278 cm³/mol. The molecule has 0 aromatic heterocycles. The highest BCUT2D eigenvalue weighted by Gasteiger charge is 2.17. The maximum Gasteiger partial charge on any atom is 0.306 e. The third-order valence-corrected chi connectivity index (χ3v) is 10.2. The van der Waals surface area contributed by atoms with Crippen molar-refractivity contribution in [2.24, 2.45) is 0 Å². The van der Waals surface area contributed by atoms with Crippen molar-refractivity contribution in [2.75, 3.05) is 19.8 Å². The van der Waals surface area contributed by atoms with Gasteiger partial charge in [-0.05, 0) is 116 Å². The van der Waals surface area contributed by atoms with E-state index in [0.29, 0.717) is 25.9 Å². The SMILES string of the molecule is CC/C=C\C/C=C\C/C=C\C/C=C\C/C=C\C/C=C\CCC(=O)OCC(COCCCCCCC/C=C\C/C=C\C/C=C\C/C=C\CC)OC(=O)CCCCCCC/C=C\CCCC. The van der Waals surface area contributed by atoms with Crippen LogP contribution in [0.2, 0.25) is 0 Å². The summed E-state index contributed by atoms with van der Waals surface area (Å²) in [6, 6.07) is 0. The molecule has 0 aliphatic heterocycles. The van der Waals surface area contributed by atoms with Gasteiger partial charge >= 0.3 is 11.9 Å². The smallest absolute Gasteiger partial charge is 0.306 e. The maximum absolute atomic E-state index is 12.8. The van der Waals surface area contributed by atoms with Crippen LogP contribution >= 0.6 is 0 Å². The van der Waals surface area contributed by atoms with Gasteiger partial charge in [0, 0.05) is 19.4 Å². The Morgan fingerprint density at radius 2 is 0.734 bits per heavy atom. The Hall–Kier alpha value is -3.96. The van der Waals surface area contributed by atoms with Crippen molar-refractivity contribution in [2.45, 2.75) is 207 Å². The van der Waals surface area contributed by atoms with Crippen molar-refractivity contribution in [3.8, 4) is 0 Å². The van der Waals surface area contributed by atoms with Crippen molar-refractivity contribution in [1.29, 1.82) is 0 Å². The third-order valence-electron chi connectivity index (χ3n) is 10.2. The number of allylic oxidation sites excluding steroid dienone is 22. The molecule has 0 saturated carbocycles. The van der Waals surface area contributed by atoms with Gasteiger partial charge < -0.3 is 14.2 Å². The normalized spacial score (nSPS) is 13.4. The molecule has 0 aromatic rings. The summed E-state index contributed by atoms with van der Waals surface area (Å²) in [5.74, 6) is -0.527. The molecule has 0 aliphatic carbocycles. The van der Waals surface area contributed by atoms with Crippen LogP contribution in [0.5, 0.6) is 0 Å². The quantitative estimate of drug-likeness (QED) is 0.0346. The Labute approximate surface area is 394 Å². The standard InChI is InChI=1S/C59H94O5/c1-4-7-10-13-16-19-22-24-26-28-30-31-33-35-38-40-43-46-49-52-58(60)63-56-57(64-59(61)53-50-47-44-41-37-21-18-15-12-9-6-3)55-62-54-51-48-45-42-39-36-34-32-29-27-25-23-20-17-14-11-8-5-2/h7-8,10-11,15-20,24-27,30-32,34-35,38,43,46,57H,4-6,9,12-14,21-23,28-29,33,36-37,39-42,44-45,47-56H2,1-3H3/b10-7-,11-8-,18-15-,19-16-,20-17-,26-24-,27-25-,31-30-,34-32-,38-35-,46-43-. The van der Waals surface area contributed by atoms with E-state index in [1.807, 2.05) is 6.08 Å². The van der Waals surface area contributed by atoms with Crippen LogP contribution in [-0.4, -0.2) is 37.9 Å². The molecule has 360 valence electrons. The topological polar surface area (TPSA) is 61.8 Å². The Morgan fingerprint density at radius 3 is 1.20 bits per heavy atom. The number of carbonyl (C=O) groups excluding carboxylic acids is 2. The molecule has 1 atom stereocenters. The molecule has 0 heterocycles. The van der Waals surface area contributed by atoms with Crippen LogP contribution < -0.4 is 0 Å². The minimum atomic E-state index is -0.590. The van der Waals surface area contributed by atoms with Crippen molar-refractivity contribution in [1.82, 2.24) is 0 Å². The second-order valence-electron chi connectivity index (χ2n) is 16.3. The molecular weight excluding hydrogens is 789 g/mol. The minimum Gasteiger partial charge on any atom is -0.462 e. The van der Waals surface area contributed by atoms with E-state index in [9.17, 15) is 9.59 Å². The summed E-state index contributed by atoms with van der Waals surface area (Å²) in [4.78, 5) is 25.3. The van der Waals surface area contributed by atoms with Gasteiger partial charge in [0.1, 0.15) is 6.61 Å². The van der Waals surface area contributed by atoms with Crippen LogP contribution in [0.3, 0.4) is 0 Å². The van der Waals surface area contributed by atoms with Gasteiger partial charge in [0.15, 0.2) is 6.10 Å². The van der Waals surface area contributed by atoms with E-state index >= 15 is 0 Å². The summed E-state index contributed by atoms with van der Waals surface area (Å²) < 4.78 is 17.3. The van der Waals surface area contributed by atoms with E-state index in [1.54, 1.807) is 0 Å². The lowest BCUT2D eigenvalue weighted by molar-refractivity contribution is -0.162. The van der Waals surface area contributed by atoms with E-state index in [-0.39, 0.29) is 25.2 Å². The van der Waals surface area contributed by atoms with Crippen LogP contribution in [-0.2, 0) is 23.8 Å². The molecule has 1 unspecified atom stereocenters. The van der Waals surface area contributed by atoms with Crippen molar-refractivity contribution < 1.29 is 23.8 Å². The second-order valence-corrected chi connectivity index (χ2v) is 16.3. The average Bonchev–Trinajstić information content (AvgIpc) is 3.30. The number of carbonyl (C=O) groups is 2. The number of unbranched alkanes of at least 4 members (excludes halogenated alkanes) is 12. The molecule has 5 heteroatoms. The summed E-state index contributed by atoms with van der Waals surface area (Å²) in [7, 11) is 0. The van der Waals surface area contributed by atoms with Gasteiger partial charge in [-0.15, -0.1) is 0 Å².